The molecule has 0 radical (unpaired) electrons. The molecular weight excluding hydrogens is 414 g/mol. The molecule has 0 N–H and O–H groups in total. The van der Waals surface area contributed by atoms with Crippen molar-refractivity contribution in [2.24, 2.45) is 0 Å². The maximum absolute atomic E-state index is 13.5. The Hall–Kier alpha value is -3.00. The number of rotatable bonds is 6. The highest BCUT2D eigenvalue weighted by atomic mass is 32.2. The van der Waals surface area contributed by atoms with Crippen LogP contribution >= 0.6 is 11.8 Å². The van der Waals surface area contributed by atoms with Crippen LogP contribution < -0.4 is 15.0 Å². The first-order valence-corrected chi connectivity index (χ1v) is 11.1. The second-order valence-corrected chi connectivity index (χ2v) is 8.69. The number of thioether (sulfide) groups is 1. The number of likely N-dealkylation sites (tertiary alicyclic amines) is 1. The van der Waals surface area contributed by atoms with Gasteiger partial charge in [-0.1, -0.05) is 23.9 Å². The third kappa shape index (κ3) is 4.12. The molecule has 1 saturated heterocycles. The van der Waals surface area contributed by atoms with Gasteiger partial charge < -0.3 is 14.4 Å². The lowest BCUT2D eigenvalue weighted by molar-refractivity contribution is -0.129. The molecular formula is C23H25N3O4S. The van der Waals surface area contributed by atoms with Gasteiger partial charge in [0.05, 0.1) is 36.1 Å². The van der Waals surface area contributed by atoms with Crippen LogP contribution in [0.1, 0.15) is 19.8 Å². The molecule has 4 rings (SSSR count). The number of para-hydroxylation sites is 1. The Morgan fingerprint density at radius 1 is 1.06 bits per heavy atom. The highest BCUT2D eigenvalue weighted by Crippen LogP contribution is 2.32. The predicted octanol–water partition coefficient (Wildman–Crippen LogP) is 3.51. The van der Waals surface area contributed by atoms with Crippen LogP contribution in [0.4, 0.5) is 0 Å². The van der Waals surface area contributed by atoms with E-state index >= 15 is 0 Å². The minimum atomic E-state index is -0.363. The topological polar surface area (TPSA) is 73.7 Å². The normalized spacial score (nSPS) is 14.6. The standard InChI is InChI=1S/C23H25N3O4S/c1-15(21(27)25-12-6-7-13-25)31-23-24-18-9-5-4-8-17(18)22(28)26(23)16-10-11-19(29-2)20(14-16)30-3/h4-5,8-11,14-15H,6-7,12-13H2,1-3H3. The van der Waals surface area contributed by atoms with Crippen LogP contribution in [0.2, 0.25) is 0 Å². The third-order valence-corrected chi connectivity index (χ3v) is 6.46. The number of amides is 1. The van der Waals surface area contributed by atoms with Crippen molar-refractivity contribution in [3.05, 3.63) is 52.8 Å². The Morgan fingerprint density at radius 3 is 2.48 bits per heavy atom. The van der Waals surface area contributed by atoms with E-state index in [2.05, 4.69) is 0 Å². The summed E-state index contributed by atoms with van der Waals surface area (Å²) >= 11 is 1.30. The quantitative estimate of drug-likeness (QED) is 0.432. The summed E-state index contributed by atoms with van der Waals surface area (Å²) in [5.74, 6) is 1.15. The lowest BCUT2D eigenvalue weighted by atomic mass is 10.2. The van der Waals surface area contributed by atoms with Crippen molar-refractivity contribution in [3.63, 3.8) is 0 Å². The molecule has 0 saturated carbocycles. The summed E-state index contributed by atoms with van der Waals surface area (Å²) in [4.78, 5) is 33.0. The highest BCUT2D eigenvalue weighted by molar-refractivity contribution is 8.00. The van der Waals surface area contributed by atoms with E-state index in [0.717, 1.165) is 25.9 Å². The zero-order valence-corrected chi connectivity index (χ0v) is 18.6. The number of carbonyl (C=O) groups is 1. The van der Waals surface area contributed by atoms with Crippen LogP contribution in [0.15, 0.2) is 52.4 Å². The largest absolute Gasteiger partial charge is 0.493 e. The number of aromatic nitrogens is 2. The Labute approximate surface area is 185 Å². The third-order valence-electron chi connectivity index (χ3n) is 5.42. The summed E-state index contributed by atoms with van der Waals surface area (Å²) in [5.41, 5.74) is 1.01. The van der Waals surface area contributed by atoms with Gasteiger partial charge in [0.15, 0.2) is 16.7 Å². The fourth-order valence-electron chi connectivity index (χ4n) is 3.79. The molecule has 8 heteroatoms. The molecule has 1 aliphatic heterocycles. The van der Waals surface area contributed by atoms with Crippen LogP contribution in [0.3, 0.4) is 0 Å². The number of carbonyl (C=O) groups excluding carboxylic acids is 1. The number of hydrogen-bond acceptors (Lipinski definition) is 6. The first-order valence-electron chi connectivity index (χ1n) is 10.2. The van der Waals surface area contributed by atoms with Gasteiger partial charge in [0.1, 0.15) is 0 Å². The predicted molar refractivity (Wildman–Crippen MR) is 122 cm³/mol. The monoisotopic (exact) mass is 439 g/mol. The van der Waals surface area contributed by atoms with Crippen molar-refractivity contribution in [2.45, 2.75) is 30.2 Å². The summed E-state index contributed by atoms with van der Waals surface area (Å²) in [7, 11) is 3.11. The van der Waals surface area contributed by atoms with Crippen molar-refractivity contribution >= 4 is 28.6 Å². The average Bonchev–Trinajstić information content (AvgIpc) is 3.33. The molecule has 1 atom stereocenters. The van der Waals surface area contributed by atoms with Crippen LogP contribution in [0.25, 0.3) is 16.6 Å². The molecule has 3 aromatic rings. The maximum Gasteiger partial charge on any atom is 0.266 e. The Bertz CT molecular complexity index is 1170. The molecule has 1 aromatic heterocycles. The zero-order valence-electron chi connectivity index (χ0n) is 17.8. The van der Waals surface area contributed by atoms with Crippen molar-refractivity contribution in [1.29, 1.82) is 0 Å². The summed E-state index contributed by atoms with van der Waals surface area (Å²) in [6.07, 6.45) is 2.07. The number of nitrogens with zero attached hydrogens (tertiary/aromatic N) is 3. The van der Waals surface area contributed by atoms with Gasteiger partial charge in [-0.25, -0.2) is 4.98 Å². The molecule has 0 aliphatic carbocycles. The van der Waals surface area contributed by atoms with Gasteiger partial charge in [0.25, 0.3) is 5.56 Å². The van der Waals surface area contributed by atoms with Crippen LogP contribution in [0.5, 0.6) is 11.5 Å². The molecule has 2 heterocycles. The maximum atomic E-state index is 13.5. The molecule has 162 valence electrons. The first-order chi connectivity index (χ1) is 15.0. The number of benzene rings is 2. The molecule has 1 aliphatic rings. The van der Waals surface area contributed by atoms with E-state index < -0.39 is 0 Å². The fourth-order valence-corrected chi connectivity index (χ4v) is 4.80. The molecule has 2 aromatic carbocycles. The zero-order chi connectivity index (χ0) is 22.0. The second kappa shape index (κ2) is 9.01. The lowest BCUT2D eigenvalue weighted by Gasteiger charge is -2.21. The van der Waals surface area contributed by atoms with Crippen molar-refractivity contribution < 1.29 is 14.3 Å². The molecule has 0 bridgehead atoms. The first kappa shape index (κ1) is 21.2. The van der Waals surface area contributed by atoms with Crippen molar-refractivity contribution in [2.75, 3.05) is 27.3 Å². The number of hydrogen-bond donors (Lipinski definition) is 0. The summed E-state index contributed by atoms with van der Waals surface area (Å²) in [6.45, 7) is 3.44. The van der Waals surface area contributed by atoms with E-state index in [1.54, 1.807) is 43.1 Å². The van der Waals surface area contributed by atoms with Crippen molar-refractivity contribution in [3.8, 4) is 17.2 Å². The Morgan fingerprint density at radius 2 is 1.77 bits per heavy atom. The fraction of sp³-hybridized carbons (Fsp3) is 0.348. The van der Waals surface area contributed by atoms with Crippen LogP contribution in [0, 0.1) is 0 Å². The Kier molecular flexibility index (Phi) is 6.18. The lowest BCUT2D eigenvalue weighted by Crippen LogP contribution is -2.34. The molecule has 1 unspecified atom stereocenters. The van der Waals surface area contributed by atoms with Crippen LogP contribution in [-0.4, -0.2) is 52.9 Å². The summed E-state index contributed by atoms with van der Waals surface area (Å²) < 4.78 is 12.3. The Balaban J connectivity index is 1.82. The van der Waals surface area contributed by atoms with E-state index in [1.165, 1.54) is 11.8 Å². The molecule has 7 nitrogen and oxygen atoms in total. The van der Waals surface area contributed by atoms with Gasteiger partial charge in [-0.05, 0) is 44.0 Å². The smallest absolute Gasteiger partial charge is 0.266 e. The van der Waals surface area contributed by atoms with Gasteiger partial charge in [-0.3, -0.25) is 14.2 Å². The van der Waals surface area contributed by atoms with E-state index in [0.29, 0.717) is 33.2 Å². The van der Waals surface area contributed by atoms with Gasteiger partial charge in [0, 0.05) is 19.2 Å². The highest BCUT2D eigenvalue weighted by Gasteiger charge is 2.26. The van der Waals surface area contributed by atoms with E-state index in [-0.39, 0.29) is 16.7 Å². The minimum Gasteiger partial charge on any atom is -0.493 e. The second-order valence-electron chi connectivity index (χ2n) is 7.38. The van der Waals surface area contributed by atoms with E-state index in [9.17, 15) is 9.59 Å². The SMILES string of the molecule is COc1ccc(-n2c(SC(C)C(=O)N3CCCC3)nc3ccccc3c2=O)cc1OC. The van der Waals surface area contributed by atoms with Crippen LogP contribution in [-0.2, 0) is 4.79 Å². The molecule has 0 spiro atoms. The number of ether oxygens (including phenoxy) is 2. The minimum absolute atomic E-state index is 0.0729. The van der Waals surface area contributed by atoms with Gasteiger partial charge >= 0.3 is 0 Å². The molecule has 31 heavy (non-hydrogen) atoms. The van der Waals surface area contributed by atoms with E-state index in [1.807, 2.05) is 30.0 Å². The van der Waals surface area contributed by atoms with Crippen molar-refractivity contribution in [1.82, 2.24) is 14.5 Å². The van der Waals surface area contributed by atoms with E-state index in [4.69, 9.17) is 14.5 Å². The summed E-state index contributed by atoms with van der Waals surface area (Å²) in [5, 5.41) is 0.619. The molecule has 1 amide bonds. The summed E-state index contributed by atoms with van der Waals surface area (Å²) in [6, 6.07) is 12.5. The van der Waals surface area contributed by atoms with Gasteiger partial charge in [0.2, 0.25) is 5.91 Å². The van der Waals surface area contributed by atoms with Gasteiger partial charge in [-0.15, -0.1) is 0 Å². The molecule has 1 fully saturated rings. The number of methoxy groups -OCH3 is 2. The number of fused-ring (bicyclic) bond motifs is 1. The van der Waals surface area contributed by atoms with Gasteiger partial charge in [-0.2, -0.15) is 0 Å². The average molecular weight is 440 g/mol.